The molecule has 29 heavy (non-hydrogen) atoms. The van der Waals surface area contributed by atoms with Crippen LogP contribution < -0.4 is 10.3 Å². The molecule has 1 N–H and O–H groups in total. The molecule has 2 aromatic rings. The minimum absolute atomic E-state index is 0.0139. The summed E-state index contributed by atoms with van der Waals surface area (Å²) in [6, 6.07) is 12.6. The lowest BCUT2D eigenvalue weighted by atomic mass is 9.83. The van der Waals surface area contributed by atoms with Crippen LogP contribution in [0.3, 0.4) is 0 Å². The van der Waals surface area contributed by atoms with Gasteiger partial charge in [-0.05, 0) is 43.0 Å². The average molecular weight is 416 g/mol. The molecule has 0 saturated carbocycles. The number of fused-ring (bicyclic) bond motifs is 4. The normalized spacial score (nSPS) is 20.8. The first-order valence-electron chi connectivity index (χ1n) is 9.96. The van der Waals surface area contributed by atoms with E-state index in [4.69, 9.17) is 0 Å². The highest BCUT2D eigenvalue weighted by Crippen LogP contribution is 2.36. The molecule has 1 fully saturated rings. The number of rotatable bonds is 5. The Morgan fingerprint density at radius 1 is 1.10 bits per heavy atom. The third-order valence-corrected chi connectivity index (χ3v) is 7.13. The van der Waals surface area contributed by atoms with E-state index in [-0.39, 0.29) is 34.7 Å². The quantitative estimate of drug-likeness (QED) is 0.811. The van der Waals surface area contributed by atoms with E-state index in [1.165, 1.54) is 0 Å². The maximum Gasteiger partial charge on any atom is 0.275 e. The Morgan fingerprint density at radius 3 is 2.59 bits per heavy atom. The molecule has 1 saturated heterocycles. The summed E-state index contributed by atoms with van der Waals surface area (Å²) in [4.78, 5) is 27.7. The number of anilines is 1. The molecule has 0 aliphatic carbocycles. The predicted octanol–water partition coefficient (Wildman–Crippen LogP) is 2.26. The van der Waals surface area contributed by atoms with Gasteiger partial charge in [-0.15, -0.1) is 0 Å². The Bertz CT molecular complexity index is 1080. The van der Waals surface area contributed by atoms with Crippen LogP contribution in [-0.4, -0.2) is 42.6 Å². The van der Waals surface area contributed by atoms with Gasteiger partial charge in [0.15, 0.2) is 0 Å². The van der Waals surface area contributed by atoms with Gasteiger partial charge in [0.1, 0.15) is 5.69 Å². The van der Waals surface area contributed by atoms with Crippen LogP contribution in [-0.2, 0) is 16.6 Å². The van der Waals surface area contributed by atoms with E-state index < -0.39 is 10.0 Å². The molecule has 154 valence electrons. The van der Waals surface area contributed by atoms with Gasteiger partial charge in [0, 0.05) is 36.8 Å². The summed E-state index contributed by atoms with van der Waals surface area (Å²) < 4.78 is 28.2. The van der Waals surface area contributed by atoms with Gasteiger partial charge < -0.3 is 9.47 Å². The van der Waals surface area contributed by atoms with Gasteiger partial charge in [0.05, 0.1) is 5.75 Å². The van der Waals surface area contributed by atoms with Gasteiger partial charge in [0.25, 0.3) is 11.5 Å². The molecule has 0 radical (unpaired) electrons. The number of carbonyl (C=O) groups excluding carboxylic acids is 1. The molecule has 4 rings (SSSR count). The number of likely N-dealkylation sites (tertiary alicyclic amines) is 1. The fraction of sp³-hybridized carbons (Fsp3) is 0.429. The summed E-state index contributed by atoms with van der Waals surface area (Å²) in [5.41, 5.74) is 1.33. The zero-order valence-electron chi connectivity index (χ0n) is 16.4. The van der Waals surface area contributed by atoms with Crippen LogP contribution in [0.1, 0.15) is 41.7 Å². The van der Waals surface area contributed by atoms with Crippen LogP contribution in [0.2, 0.25) is 0 Å². The Hall–Kier alpha value is -2.61. The third kappa shape index (κ3) is 3.94. The van der Waals surface area contributed by atoms with Crippen molar-refractivity contribution in [1.29, 1.82) is 0 Å². The topological polar surface area (TPSA) is 88.5 Å². The van der Waals surface area contributed by atoms with Gasteiger partial charge in [-0.25, -0.2) is 8.42 Å². The van der Waals surface area contributed by atoms with Crippen molar-refractivity contribution in [2.24, 2.45) is 5.92 Å². The monoisotopic (exact) mass is 415 g/mol. The first kappa shape index (κ1) is 19.7. The molecule has 1 aromatic heterocycles. The van der Waals surface area contributed by atoms with Crippen molar-refractivity contribution in [2.45, 2.75) is 32.2 Å². The van der Waals surface area contributed by atoms with E-state index >= 15 is 0 Å². The van der Waals surface area contributed by atoms with Gasteiger partial charge in [-0.1, -0.05) is 25.1 Å². The summed E-state index contributed by atoms with van der Waals surface area (Å²) in [5, 5.41) is 0. The number of carbonyl (C=O) groups is 1. The van der Waals surface area contributed by atoms with Crippen LogP contribution in [0, 0.1) is 5.92 Å². The zero-order chi connectivity index (χ0) is 20.6. The SMILES string of the molecule is CCCS(=O)(=O)Nc1ccc2n(c1=O)C[C@@H]1C[C@@H]2CN(C(=O)c2ccccc2)C1. The van der Waals surface area contributed by atoms with Gasteiger partial charge >= 0.3 is 0 Å². The summed E-state index contributed by atoms with van der Waals surface area (Å²) in [5.74, 6) is 0.244. The fourth-order valence-corrected chi connectivity index (χ4v) is 5.57. The number of benzene rings is 1. The van der Waals surface area contributed by atoms with E-state index in [0.717, 1.165) is 12.1 Å². The number of piperidine rings is 1. The second-order valence-electron chi connectivity index (χ2n) is 7.88. The molecule has 2 atom stereocenters. The Labute approximate surface area is 170 Å². The first-order chi connectivity index (χ1) is 13.9. The minimum Gasteiger partial charge on any atom is -0.338 e. The number of amides is 1. The lowest BCUT2D eigenvalue weighted by Crippen LogP contribution is -2.49. The van der Waals surface area contributed by atoms with Crippen molar-refractivity contribution in [1.82, 2.24) is 9.47 Å². The van der Waals surface area contributed by atoms with E-state index in [1.807, 2.05) is 41.3 Å². The van der Waals surface area contributed by atoms with Crippen molar-refractivity contribution in [3.8, 4) is 0 Å². The number of nitrogens with zero attached hydrogens (tertiary/aromatic N) is 2. The third-order valence-electron chi connectivity index (χ3n) is 5.65. The highest BCUT2D eigenvalue weighted by Gasteiger charge is 2.37. The van der Waals surface area contributed by atoms with Crippen LogP contribution in [0.4, 0.5) is 5.69 Å². The lowest BCUT2D eigenvalue weighted by Gasteiger charge is -2.43. The smallest absolute Gasteiger partial charge is 0.275 e. The Kier molecular flexibility index (Phi) is 5.21. The first-order valence-corrected chi connectivity index (χ1v) is 11.6. The molecule has 8 heteroatoms. The van der Waals surface area contributed by atoms with Gasteiger partial charge in [0.2, 0.25) is 10.0 Å². The van der Waals surface area contributed by atoms with Crippen molar-refractivity contribution >= 4 is 21.6 Å². The molecule has 2 bridgehead atoms. The van der Waals surface area contributed by atoms with Crippen molar-refractivity contribution < 1.29 is 13.2 Å². The Morgan fingerprint density at radius 2 is 1.86 bits per heavy atom. The van der Waals surface area contributed by atoms with Crippen molar-refractivity contribution in [2.75, 3.05) is 23.6 Å². The van der Waals surface area contributed by atoms with E-state index in [1.54, 1.807) is 17.6 Å². The van der Waals surface area contributed by atoms with E-state index in [2.05, 4.69) is 4.72 Å². The molecular weight excluding hydrogens is 390 g/mol. The molecule has 0 unspecified atom stereocenters. The van der Waals surface area contributed by atoms with Crippen molar-refractivity contribution in [3.63, 3.8) is 0 Å². The summed E-state index contributed by atoms with van der Waals surface area (Å²) >= 11 is 0. The maximum atomic E-state index is 12.9. The van der Waals surface area contributed by atoms with Crippen LogP contribution >= 0.6 is 0 Å². The number of hydrogen-bond acceptors (Lipinski definition) is 4. The largest absolute Gasteiger partial charge is 0.338 e. The molecule has 7 nitrogen and oxygen atoms in total. The molecule has 2 aliphatic rings. The highest BCUT2D eigenvalue weighted by atomic mass is 32.2. The average Bonchev–Trinajstić information content (AvgIpc) is 2.70. The minimum atomic E-state index is -3.52. The number of hydrogen-bond donors (Lipinski definition) is 1. The zero-order valence-corrected chi connectivity index (χ0v) is 17.2. The second-order valence-corrected chi connectivity index (χ2v) is 9.73. The number of nitrogens with one attached hydrogen (secondary N) is 1. The standard InChI is InChI=1S/C21H25N3O4S/c1-2-10-29(27,28)22-18-8-9-19-17-11-15(13-24(19)21(18)26)12-23(14-17)20(25)16-6-4-3-5-7-16/h3-9,15,17,22H,2,10-14H2,1H3/t15-,17-/m1/s1. The maximum absolute atomic E-state index is 12.9. The van der Waals surface area contributed by atoms with Crippen molar-refractivity contribution in [3.05, 3.63) is 64.1 Å². The fourth-order valence-electron chi connectivity index (χ4n) is 4.44. The molecule has 3 heterocycles. The highest BCUT2D eigenvalue weighted by molar-refractivity contribution is 7.92. The van der Waals surface area contributed by atoms with Crippen LogP contribution in [0.25, 0.3) is 0 Å². The van der Waals surface area contributed by atoms with Gasteiger partial charge in [-0.3, -0.25) is 14.3 Å². The molecular formula is C21H25N3O4S. The number of pyridine rings is 1. The van der Waals surface area contributed by atoms with E-state index in [9.17, 15) is 18.0 Å². The lowest BCUT2D eigenvalue weighted by molar-refractivity contribution is 0.0594. The van der Waals surface area contributed by atoms with E-state index in [0.29, 0.717) is 31.6 Å². The number of aromatic nitrogens is 1. The van der Waals surface area contributed by atoms with Crippen LogP contribution in [0.5, 0.6) is 0 Å². The Balaban J connectivity index is 1.59. The summed E-state index contributed by atoms with van der Waals surface area (Å²) in [6.45, 7) is 3.43. The molecule has 1 amide bonds. The second kappa shape index (κ2) is 7.67. The molecule has 1 aromatic carbocycles. The molecule has 0 spiro atoms. The van der Waals surface area contributed by atoms with Gasteiger partial charge in [-0.2, -0.15) is 0 Å². The summed E-state index contributed by atoms with van der Waals surface area (Å²) in [7, 11) is -3.52. The summed E-state index contributed by atoms with van der Waals surface area (Å²) in [6.07, 6.45) is 1.41. The number of sulfonamides is 1. The molecule has 2 aliphatic heterocycles. The predicted molar refractivity (Wildman–Crippen MR) is 112 cm³/mol. The van der Waals surface area contributed by atoms with Crippen LogP contribution in [0.15, 0.2) is 47.3 Å².